The average molecular weight is 419 g/mol. The number of furan rings is 1. The Morgan fingerprint density at radius 3 is 2.63 bits per heavy atom. The number of rotatable bonds is 6. The summed E-state index contributed by atoms with van der Waals surface area (Å²) in [5, 5.41) is 16.9. The van der Waals surface area contributed by atoms with Crippen molar-refractivity contribution in [3.8, 4) is 11.6 Å². The van der Waals surface area contributed by atoms with Crippen molar-refractivity contribution in [1.29, 1.82) is 0 Å². The highest BCUT2D eigenvalue weighted by molar-refractivity contribution is 5.82. The van der Waals surface area contributed by atoms with Gasteiger partial charge in [0.25, 0.3) is 0 Å². The van der Waals surface area contributed by atoms with Crippen LogP contribution in [0, 0.1) is 5.82 Å². The van der Waals surface area contributed by atoms with Gasteiger partial charge >= 0.3 is 6.18 Å². The summed E-state index contributed by atoms with van der Waals surface area (Å²) in [6, 6.07) is 8.53. The van der Waals surface area contributed by atoms with Crippen molar-refractivity contribution < 1.29 is 22.0 Å². The number of H-pyrrole nitrogens is 1. The number of hydrogen-bond acceptors (Lipinski definition) is 5. The number of nitrogens with one attached hydrogen (secondary N) is 2. The summed E-state index contributed by atoms with van der Waals surface area (Å²) in [7, 11) is 0. The lowest BCUT2D eigenvalue weighted by molar-refractivity contribution is -0.138. The molecule has 2 N–H and O–H groups in total. The van der Waals surface area contributed by atoms with Gasteiger partial charge in [0.1, 0.15) is 11.4 Å². The number of nitrogens with zero attached hydrogens (tertiary/aromatic N) is 3. The van der Waals surface area contributed by atoms with Gasteiger partial charge in [-0.25, -0.2) is 4.39 Å². The number of aryl methyl sites for hydroxylation is 1. The maximum atomic E-state index is 14.5. The largest absolute Gasteiger partial charge is 0.452 e. The molecule has 0 unspecified atom stereocenters. The van der Waals surface area contributed by atoms with E-state index in [9.17, 15) is 17.6 Å². The topological polar surface area (TPSA) is 79.6 Å². The van der Waals surface area contributed by atoms with E-state index >= 15 is 0 Å². The second-order valence-electron chi connectivity index (χ2n) is 6.80. The first-order valence-corrected chi connectivity index (χ1v) is 9.25. The smallest absolute Gasteiger partial charge is 0.416 e. The van der Waals surface area contributed by atoms with Crippen molar-refractivity contribution in [3.63, 3.8) is 0 Å². The number of aromatic amines is 1. The molecule has 2 aromatic heterocycles. The van der Waals surface area contributed by atoms with E-state index in [4.69, 9.17) is 4.42 Å². The monoisotopic (exact) mass is 419 g/mol. The van der Waals surface area contributed by atoms with E-state index in [-0.39, 0.29) is 29.2 Å². The molecule has 0 aliphatic carbocycles. The lowest BCUT2D eigenvalue weighted by atomic mass is 10.0. The van der Waals surface area contributed by atoms with Gasteiger partial charge in [-0.3, -0.25) is 0 Å². The van der Waals surface area contributed by atoms with Crippen molar-refractivity contribution in [3.05, 3.63) is 58.9 Å². The van der Waals surface area contributed by atoms with Gasteiger partial charge in [-0.1, -0.05) is 19.4 Å². The third-order valence-corrected chi connectivity index (χ3v) is 4.67. The Labute approximate surface area is 168 Å². The summed E-state index contributed by atoms with van der Waals surface area (Å²) in [4.78, 5) is 0. The minimum Gasteiger partial charge on any atom is -0.452 e. The van der Waals surface area contributed by atoms with Crippen LogP contribution in [0.15, 0.2) is 40.8 Å². The highest BCUT2D eigenvalue weighted by atomic mass is 19.4. The molecule has 30 heavy (non-hydrogen) atoms. The molecule has 6 nitrogen and oxygen atoms in total. The zero-order valence-corrected chi connectivity index (χ0v) is 15.8. The van der Waals surface area contributed by atoms with Gasteiger partial charge in [0.2, 0.25) is 5.82 Å². The van der Waals surface area contributed by atoms with E-state index in [0.29, 0.717) is 29.6 Å². The number of fused-ring (bicyclic) bond motifs is 1. The Morgan fingerprint density at radius 2 is 1.93 bits per heavy atom. The third-order valence-electron chi connectivity index (χ3n) is 4.67. The normalized spacial score (nSPS) is 11.9. The van der Waals surface area contributed by atoms with Crippen molar-refractivity contribution in [1.82, 2.24) is 20.6 Å². The van der Waals surface area contributed by atoms with Crippen LogP contribution in [-0.4, -0.2) is 20.6 Å². The number of anilines is 1. The number of halogens is 4. The van der Waals surface area contributed by atoms with Crippen LogP contribution in [0.4, 0.5) is 23.2 Å². The Hall–Kier alpha value is -3.43. The van der Waals surface area contributed by atoms with E-state index in [1.807, 2.05) is 6.92 Å². The molecule has 0 saturated heterocycles. The van der Waals surface area contributed by atoms with Crippen LogP contribution in [0.1, 0.15) is 30.0 Å². The zero-order chi connectivity index (χ0) is 21.3. The molecule has 0 fully saturated rings. The molecule has 2 aromatic carbocycles. The first kappa shape index (κ1) is 19.9. The SMILES string of the molecule is CCCc1ccc(NCc2cc3cc(-c4nn[nH]n4)oc3cc2F)cc1C(F)(F)F. The van der Waals surface area contributed by atoms with Crippen LogP contribution in [0.2, 0.25) is 0 Å². The Kier molecular flexibility index (Phi) is 5.15. The van der Waals surface area contributed by atoms with Gasteiger partial charge in [0.15, 0.2) is 5.76 Å². The van der Waals surface area contributed by atoms with Crippen LogP contribution in [-0.2, 0) is 19.1 Å². The van der Waals surface area contributed by atoms with Crippen molar-refractivity contribution in [2.45, 2.75) is 32.5 Å². The summed E-state index contributed by atoms with van der Waals surface area (Å²) in [5.41, 5.74) is 0.426. The number of tetrazole rings is 1. The molecule has 2 heterocycles. The molecule has 0 spiro atoms. The predicted molar refractivity (Wildman–Crippen MR) is 102 cm³/mol. The minimum atomic E-state index is -4.45. The van der Waals surface area contributed by atoms with Crippen LogP contribution in [0.5, 0.6) is 0 Å². The summed E-state index contributed by atoms with van der Waals surface area (Å²) < 4.78 is 60.1. The van der Waals surface area contributed by atoms with Gasteiger partial charge in [-0.2, -0.15) is 18.4 Å². The van der Waals surface area contributed by atoms with E-state index < -0.39 is 17.6 Å². The van der Waals surface area contributed by atoms with Crippen LogP contribution < -0.4 is 5.32 Å². The molecule has 0 atom stereocenters. The molecule has 0 amide bonds. The Balaban J connectivity index is 1.58. The average Bonchev–Trinajstić information content (AvgIpc) is 3.35. The summed E-state index contributed by atoms with van der Waals surface area (Å²) >= 11 is 0. The fraction of sp³-hybridized carbons (Fsp3) is 0.250. The standard InChI is InChI=1S/C20H17F4N5O/c1-2-3-11-4-5-14(8-15(11)20(22,23)24)25-10-13-6-12-7-18(19-26-28-29-27-19)30-17(12)9-16(13)21/h4-9,25H,2-3,10H2,1H3,(H,26,27,28,29). The molecule has 4 rings (SSSR count). The zero-order valence-electron chi connectivity index (χ0n) is 15.8. The summed E-state index contributed by atoms with van der Waals surface area (Å²) in [5.74, 6) is 0.0189. The van der Waals surface area contributed by atoms with Crippen LogP contribution >= 0.6 is 0 Å². The Morgan fingerprint density at radius 1 is 1.10 bits per heavy atom. The van der Waals surface area contributed by atoms with Gasteiger partial charge in [-0.15, -0.1) is 10.2 Å². The van der Waals surface area contributed by atoms with Crippen LogP contribution in [0.3, 0.4) is 0 Å². The molecule has 4 aromatic rings. The fourth-order valence-electron chi connectivity index (χ4n) is 3.26. The van der Waals surface area contributed by atoms with Gasteiger partial charge in [0.05, 0.1) is 5.56 Å². The van der Waals surface area contributed by atoms with Crippen molar-refractivity contribution in [2.24, 2.45) is 0 Å². The first-order valence-electron chi connectivity index (χ1n) is 9.25. The number of benzene rings is 2. The van der Waals surface area contributed by atoms with Crippen LogP contribution in [0.25, 0.3) is 22.6 Å². The molecular weight excluding hydrogens is 402 g/mol. The fourth-order valence-corrected chi connectivity index (χ4v) is 3.26. The predicted octanol–water partition coefficient (Wildman–Crippen LogP) is 5.34. The second-order valence-corrected chi connectivity index (χ2v) is 6.80. The summed E-state index contributed by atoms with van der Waals surface area (Å²) in [6.07, 6.45) is -3.50. The van der Waals surface area contributed by atoms with E-state index in [0.717, 1.165) is 6.07 Å². The third kappa shape index (κ3) is 3.98. The second kappa shape index (κ2) is 7.77. The molecule has 0 radical (unpaired) electrons. The molecule has 156 valence electrons. The number of alkyl halides is 3. The first-order chi connectivity index (χ1) is 14.3. The minimum absolute atomic E-state index is 0.00885. The quantitative estimate of drug-likeness (QED) is 0.413. The number of hydrogen-bond donors (Lipinski definition) is 2. The lowest BCUT2D eigenvalue weighted by Gasteiger charge is -2.15. The van der Waals surface area contributed by atoms with Gasteiger partial charge < -0.3 is 9.73 Å². The van der Waals surface area contributed by atoms with E-state index in [2.05, 4.69) is 25.9 Å². The lowest BCUT2D eigenvalue weighted by Crippen LogP contribution is -2.11. The van der Waals surface area contributed by atoms with Crippen molar-refractivity contribution >= 4 is 16.7 Å². The molecule has 0 aliphatic rings. The molecule has 10 heteroatoms. The summed E-state index contributed by atoms with van der Waals surface area (Å²) in [6.45, 7) is 1.83. The number of aromatic nitrogens is 4. The van der Waals surface area contributed by atoms with Gasteiger partial charge in [0, 0.05) is 29.2 Å². The maximum absolute atomic E-state index is 14.5. The maximum Gasteiger partial charge on any atom is 0.416 e. The van der Waals surface area contributed by atoms with E-state index in [1.54, 1.807) is 18.2 Å². The molecule has 0 saturated carbocycles. The molecular formula is C20H17F4N5O. The van der Waals surface area contributed by atoms with E-state index in [1.165, 1.54) is 12.1 Å². The molecule has 0 bridgehead atoms. The highest BCUT2D eigenvalue weighted by Crippen LogP contribution is 2.35. The molecule has 0 aliphatic heterocycles. The van der Waals surface area contributed by atoms with Crippen molar-refractivity contribution in [2.75, 3.05) is 5.32 Å². The van der Waals surface area contributed by atoms with Gasteiger partial charge in [-0.05, 0) is 41.5 Å². The highest BCUT2D eigenvalue weighted by Gasteiger charge is 2.33. The Bertz CT molecular complexity index is 1170.